The highest BCUT2D eigenvalue weighted by Gasteiger charge is 2.08. The molecular weight excluding hydrogens is 244 g/mol. The van der Waals surface area contributed by atoms with Gasteiger partial charge in [0.2, 0.25) is 0 Å². The Balaban J connectivity index is 2.22. The topological polar surface area (TPSA) is 29.3 Å². The van der Waals surface area contributed by atoms with Crippen LogP contribution in [-0.4, -0.2) is 7.05 Å². The van der Waals surface area contributed by atoms with Crippen molar-refractivity contribution in [3.8, 4) is 0 Å². The number of hydrogen-bond acceptors (Lipinski definition) is 2. The molecule has 0 radical (unpaired) electrons. The first-order valence-electron chi connectivity index (χ1n) is 5.95. The third-order valence-corrected chi connectivity index (χ3v) is 3.36. The van der Waals surface area contributed by atoms with Crippen LogP contribution in [-0.2, 0) is 13.1 Å². The lowest BCUT2D eigenvalue weighted by atomic mass is 10.1. The van der Waals surface area contributed by atoms with Gasteiger partial charge < -0.3 is 10.6 Å². The Morgan fingerprint density at radius 3 is 2.28 bits per heavy atom. The number of rotatable bonds is 4. The molecule has 0 unspecified atom stereocenters. The van der Waals surface area contributed by atoms with Gasteiger partial charge in [0.25, 0.3) is 0 Å². The summed E-state index contributed by atoms with van der Waals surface area (Å²) in [4.78, 5) is 2.17. The van der Waals surface area contributed by atoms with Crippen molar-refractivity contribution < 1.29 is 0 Å². The lowest BCUT2D eigenvalue weighted by Gasteiger charge is -2.22. The Kier molecular flexibility index (Phi) is 4.24. The van der Waals surface area contributed by atoms with E-state index in [1.807, 2.05) is 36.4 Å². The Hall–Kier alpha value is -1.51. The second-order valence-electron chi connectivity index (χ2n) is 4.28. The Labute approximate surface area is 113 Å². The third kappa shape index (κ3) is 2.84. The minimum atomic E-state index is 0.545. The second-order valence-corrected chi connectivity index (χ2v) is 4.69. The molecule has 3 heteroatoms. The van der Waals surface area contributed by atoms with Gasteiger partial charge in [-0.25, -0.2) is 0 Å². The van der Waals surface area contributed by atoms with Crippen molar-refractivity contribution in [2.75, 3.05) is 11.9 Å². The number of anilines is 1. The predicted octanol–water partition coefficient (Wildman–Crippen LogP) is 3.44. The van der Waals surface area contributed by atoms with Crippen LogP contribution < -0.4 is 10.6 Å². The fourth-order valence-corrected chi connectivity index (χ4v) is 2.22. The number of nitrogens with two attached hydrogens (primary N) is 1. The maximum absolute atomic E-state index is 6.18. The summed E-state index contributed by atoms with van der Waals surface area (Å²) in [5.74, 6) is 0. The highest BCUT2D eigenvalue weighted by Crippen LogP contribution is 2.23. The van der Waals surface area contributed by atoms with Crippen LogP contribution >= 0.6 is 11.6 Å². The zero-order valence-corrected chi connectivity index (χ0v) is 11.2. The van der Waals surface area contributed by atoms with E-state index in [1.165, 1.54) is 0 Å². The van der Waals surface area contributed by atoms with Gasteiger partial charge in [0.05, 0.1) is 0 Å². The molecular formula is C15H17ClN2. The molecule has 2 nitrogen and oxygen atoms in total. The van der Waals surface area contributed by atoms with Gasteiger partial charge in [0, 0.05) is 30.8 Å². The summed E-state index contributed by atoms with van der Waals surface area (Å²) in [5.41, 5.74) is 9.18. The van der Waals surface area contributed by atoms with Gasteiger partial charge in [-0.3, -0.25) is 0 Å². The van der Waals surface area contributed by atoms with Crippen LogP contribution in [0.4, 0.5) is 5.69 Å². The van der Waals surface area contributed by atoms with Crippen molar-refractivity contribution >= 4 is 17.3 Å². The Morgan fingerprint density at radius 2 is 1.61 bits per heavy atom. The van der Waals surface area contributed by atoms with Crippen LogP contribution in [0.15, 0.2) is 48.5 Å². The third-order valence-electron chi connectivity index (χ3n) is 2.99. The van der Waals surface area contributed by atoms with Crippen LogP contribution in [0.1, 0.15) is 11.1 Å². The number of benzene rings is 2. The molecule has 0 aliphatic rings. The van der Waals surface area contributed by atoms with Crippen molar-refractivity contribution in [1.29, 1.82) is 0 Å². The number of nitrogens with zero attached hydrogens (tertiary/aromatic N) is 1. The fraction of sp³-hybridized carbons (Fsp3) is 0.200. The molecule has 94 valence electrons. The molecule has 0 heterocycles. The number of para-hydroxylation sites is 1. The minimum Gasteiger partial charge on any atom is -0.370 e. The molecule has 2 aromatic rings. The van der Waals surface area contributed by atoms with Crippen LogP contribution in [0.2, 0.25) is 5.02 Å². The first kappa shape index (κ1) is 12.9. The SMILES string of the molecule is CN(Cc1ccccc1Cl)c1ccccc1CN. The van der Waals surface area contributed by atoms with Gasteiger partial charge >= 0.3 is 0 Å². The van der Waals surface area contributed by atoms with E-state index in [0.29, 0.717) is 6.54 Å². The summed E-state index contributed by atoms with van der Waals surface area (Å²) in [6.07, 6.45) is 0. The van der Waals surface area contributed by atoms with Crippen LogP contribution in [0.25, 0.3) is 0 Å². The smallest absolute Gasteiger partial charge is 0.0455 e. The van der Waals surface area contributed by atoms with Crippen LogP contribution in [0, 0.1) is 0 Å². The molecule has 0 spiro atoms. The van der Waals surface area contributed by atoms with E-state index in [0.717, 1.165) is 28.4 Å². The number of halogens is 1. The molecule has 18 heavy (non-hydrogen) atoms. The van der Waals surface area contributed by atoms with E-state index in [9.17, 15) is 0 Å². The van der Waals surface area contributed by atoms with Crippen molar-refractivity contribution in [3.05, 3.63) is 64.7 Å². The fourth-order valence-electron chi connectivity index (χ4n) is 2.02. The van der Waals surface area contributed by atoms with Crippen molar-refractivity contribution in [2.45, 2.75) is 13.1 Å². The van der Waals surface area contributed by atoms with E-state index in [-0.39, 0.29) is 0 Å². The first-order chi connectivity index (χ1) is 8.72. The van der Waals surface area contributed by atoms with Gasteiger partial charge in [-0.1, -0.05) is 48.0 Å². The summed E-state index contributed by atoms with van der Waals surface area (Å²) < 4.78 is 0. The molecule has 0 aromatic heterocycles. The standard InChI is InChI=1S/C15H17ClN2/c1-18(11-13-7-2-4-8-14(13)16)15-9-5-3-6-12(15)10-17/h2-9H,10-11,17H2,1H3. The van der Waals surface area contributed by atoms with Crippen LogP contribution in [0.5, 0.6) is 0 Å². The minimum absolute atomic E-state index is 0.545. The zero-order valence-electron chi connectivity index (χ0n) is 10.4. The largest absolute Gasteiger partial charge is 0.370 e. The zero-order chi connectivity index (χ0) is 13.0. The molecule has 0 aliphatic carbocycles. The summed E-state index contributed by atoms with van der Waals surface area (Å²) in [7, 11) is 2.05. The summed E-state index contributed by atoms with van der Waals surface area (Å²) in [6, 6.07) is 16.1. The molecule has 0 amide bonds. The Morgan fingerprint density at radius 1 is 1.00 bits per heavy atom. The van der Waals surface area contributed by atoms with Gasteiger partial charge in [-0.05, 0) is 23.3 Å². The normalized spacial score (nSPS) is 10.4. The van der Waals surface area contributed by atoms with E-state index < -0.39 is 0 Å². The highest BCUT2D eigenvalue weighted by atomic mass is 35.5. The van der Waals surface area contributed by atoms with E-state index in [4.69, 9.17) is 17.3 Å². The number of hydrogen-bond donors (Lipinski definition) is 1. The van der Waals surface area contributed by atoms with E-state index >= 15 is 0 Å². The molecule has 2 rings (SSSR count). The maximum Gasteiger partial charge on any atom is 0.0455 e. The molecule has 0 bridgehead atoms. The van der Waals surface area contributed by atoms with Crippen LogP contribution in [0.3, 0.4) is 0 Å². The quantitative estimate of drug-likeness (QED) is 0.913. The lowest BCUT2D eigenvalue weighted by Crippen LogP contribution is -2.19. The van der Waals surface area contributed by atoms with Crippen molar-refractivity contribution in [2.24, 2.45) is 5.73 Å². The summed E-state index contributed by atoms with van der Waals surface area (Å²) in [5, 5.41) is 0.801. The molecule has 0 atom stereocenters. The van der Waals surface area contributed by atoms with Gasteiger partial charge in [-0.2, -0.15) is 0 Å². The van der Waals surface area contributed by atoms with E-state index in [2.05, 4.69) is 24.1 Å². The Bertz CT molecular complexity index is 525. The van der Waals surface area contributed by atoms with Gasteiger partial charge in [0.15, 0.2) is 0 Å². The molecule has 0 aliphatic heterocycles. The second kappa shape index (κ2) is 5.89. The average molecular weight is 261 g/mol. The average Bonchev–Trinajstić information content (AvgIpc) is 2.41. The van der Waals surface area contributed by atoms with Gasteiger partial charge in [-0.15, -0.1) is 0 Å². The lowest BCUT2D eigenvalue weighted by molar-refractivity contribution is 0.904. The molecule has 0 saturated heterocycles. The maximum atomic E-state index is 6.18. The highest BCUT2D eigenvalue weighted by molar-refractivity contribution is 6.31. The molecule has 2 aromatic carbocycles. The summed E-state index contributed by atoms with van der Waals surface area (Å²) >= 11 is 6.18. The van der Waals surface area contributed by atoms with Gasteiger partial charge in [0.1, 0.15) is 0 Å². The predicted molar refractivity (Wildman–Crippen MR) is 77.9 cm³/mol. The van der Waals surface area contributed by atoms with Crippen molar-refractivity contribution in [3.63, 3.8) is 0 Å². The monoisotopic (exact) mass is 260 g/mol. The first-order valence-corrected chi connectivity index (χ1v) is 6.32. The molecule has 0 fully saturated rings. The summed E-state index contributed by atoms with van der Waals surface area (Å²) in [6.45, 7) is 1.32. The molecule has 2 N–H and O–H groups in total. The van der Waals surface area contributed by atoms with E-state index in [1.54, 1.807) is 0 Å². The molecule has 0 saturated carbocycles. The van der Waals surface area contributed by atoms with Crippen molar-refractivity contribution in [1.82, 2.24) is 0 Å².